The Labute approximate surface area is 635 Å². The van der Waals surface area contributed by atoms with E-state index >= 15 is 19.2 Å². The molecule has 1 fully saturated rings. The zero-order valence-electron chi connectivity index (χ0n) is 58.5. The summed E-state index contributed by atoms with van der Waals surface area (Å²) < 4.78 is 32.1. The van der Waals surface area contributed by atoms with Gasteiger partial charge in [-0.2, -0.15) is 0 Å². The number of nitrogens with one attached hydrogen (secondary N) is 8. The average molecular weight is 1560 g/mol. The molecule has 14 rings (SSSR count). The van der Waals surface area contributed by atoms with Gasteiger partial charge in [-0.05, 0) is 114 Å². The van der Waals surface area contributed by atoms with Crippen molar-refractivity contribution in [1.29, 1.82) is 0 Å². The third-order valence-corrected chi connectivity index (χ3v) is 20.1. The van der Waals surface area contributed by atoms with Crippen molar-refractivity contribution < 1.29 is 118 Å². The van der Waals surface area contributed by atoms with Gasteiger partial charge in [-0.15, -0.1) is 0 Å². The van der Waals surface area contributed by atoms with Gasteiger partial charge in [0, 0.05) is 47.2 Å². The van der Waals surface area contributed by atoms with Crippen molar-refractivity contribution in [2.45, 2.75) is 150 Å². The number of aromatic hydroxyl groups is 5. The van der Waals surface area contributed by atoms with Crippen LogP contribution >= 0.6 is 23.2 Å². The summed E-state index contributed by atoms with van der Waals surface area (Å²) in [6, 6.07) is 5.63. The first-order valence-electron chi connectivity index (χ1n) is 35.0. The molecule has 0 aromatic heterocycles. The number of benzene rings is 7. The van der Waals surface area contributed by atoms with Crippen LogP contribution < -0.4 is 61.5 Å². The van der Waals surface area contributed by atoms with Crippen LogP contribution in [0.15, 0.2) is 115 Å². The fourth-order valence-corrected chi connectivity index (χ4v) is 14.1. The second-order valence-corrected chi connectivity index (χ2v) is 27.8. The fourth-order valence-electron chi connectivity index (χ4n) is 13.7. The Morgan fingerprint density at radius 3 is 1.85 bits per heavy atom. The number of ether oxygens (including phenoxy) is 5. The highest BCUT2D eigenvalue weighted by molar-refractivity contribution is 6.33. The Morgan fingerprint density at radius 1 is 0.536 bits per heavy atom. The zero-order chi connectivity index (χ0) is 78.7. The lowest BCUT2D eigenvalue weighted by molar-refractivity contribution is -0.241. The van der Waals surface area contributed by atoms with E-state index < -0.39 is 222 Å². The SMILES string of the molecule is CCCCCCCCCCC(=O)N[C@@H]1[C@@H](Oc2c3cc4cc2Oc2ccc(cc2Cl)[C@@H](O)[C@@H]2NC(=O)[C@H](NC(=O)[C@@H]4NC(=O)[C@H]4NC(=O)[C@@H](Cc5ccc(cc5)O3)NC(=O)[C@H](NC)c3ccc(O)c(c3)Oc3cc(O)c(Cl)c4c3)c3ccc(O)c(c3)-c3c(O)cc(O)cc3[C@@H](C(=O)O)NC2=O)O[C@@H](C(=O)O)[C@H](O)[C@@H]1O. The fraction of sp³-hybridized carbons (Fsp3) is 0.329. The molecule has 34 heteroatoms. The van der Waals surface area contributed by atoms with Crippen LogP contribution in [0.2, 0.25) is 10.0 Å². The molecule has 13 atom stereocenters. The van der Waals surface area contributed by atoms with Gasteiger partial charge in [0.2, 0.25) is 53.4 Å². The van der Waals surface area contributed by atoms with E-state index in [0.717, 1.165) is 111 Å². The molecule has 7 aliphatic heterocycles. The van der Waals surface area contributed by atoms with Gasteiger partial charge in [0.05, 0.1) is 10.0 Å². The van der Waals surface area contributed by atoms with Crippen LogP contribution in [0.25, 0.3) is 11.1 Å². The molecule has 110 heavy (non-hydrogen) atoms. The summed E-state index contributed by atoms with van der Waals surface area (Å²) in [5.41, 5.74) is -2.67. The number of likely N-dealkylation sites (N-methyl/N-ethyl adjacent to an activating group) is 1. The molecule has 0 saturated carbocycles. The van der Waals surface area contributed by atoms with Crippen molar-refractivity contribution in [1.82, 2.24) is 42.5 Å². The second-order valence-electron chi connectivity index (χ2n) is 27.0. The van der Waals surface area contributed by atoms with Gasteiger partial charge in [-0.3, -0.25) is 33.6 Å². The highest BCUT2D eigenvalue weighted by Crippen LogP contribution is 2.50. The number of unbranched alkanes of at least 4 members (excludes halogenated alkanes) is 7. The number of carboxylic acid groups (broad SMARTS) is 2. The topological polar surface area (TPSA) is 498 Å². The number of phenols is 5. The van der Waals surface area contributed by atoms with E-state index in [9.17, 15) is 75.0 Å². The molecule has 0 unspecified atom stereocenters. The lowest BCUT2D eigenvalue weighted by atomic mass is 9.89. The lowest BCUT2D eigenvalue weighted by Gasteiger charge is -2.41. The zero-order valence-corrected chi connectivity index (χ0v) is 60.0. The Hall–Kier alpha value is -11.7. The van der Waals surface area contributed by atoms with Crippen molar-refractivity contribution in [2.24, 2.45) is 0 Å². The number of hydrogen-bond donors (Lipinski definition) is 18. The highest BCUT2D eigenvalue weighted by atomic mass is 35.5. The maximum absolute atomic E-state index is 16.4. The molecule has 578 valence electrons. The van der Waals surface area contributed by atoms with Crippen molar-refractivity contribution in [3.63, 3.8) is 0 Å². The molecule has 7 aromatic carbocycles. The summed E-state index contributed by atoms with van der Waals surface area (Å²) >= 11 is 14.1. The van der Waals surface area contributed by atoms with Crippen LogP contribution in [0.1, 0.15) is 140 Å². The number of aliphatic hydroxyl groups excluding tert-OH is 3. The van der Waals surface area contributed by atoms with Crippen molar-refractivity contribution >= 4 is 76.5 Å². The molecular formula is C76H76Cl2N8O24. The van der Waals surface area contributed by atoms with E-state index in [-0.39, 0.29) is 46.8 Å². The first-order valence-corrected chi connectivity index (χ1v) is 35.8. The van der Waals surface area contributed by atoms with Crippen molar-refractivity contribution in [3.8, 4) is 80.1 Å². The number of aliphatic carboxylic acids is 2. The molecule has 0 aliphatic carbocycles. The van der Waals surface area contributed by atoms with Crippen LogP contribution in [0, 0.1) is 0 Å². The van der Waals surface area contributed by atoms with Gasteiger partial charge in [0.15, 0.2) is 35.1 Å². The monoisotopic (exact) mass is 1550 g/mol. The van der Waals surface area contributed by atoms with Crippen molar-refractivity contribution in [2.75, 3.05) is 7.05 Å². The van der Waals surface area contributed by atoms with E-state index in [1.807, 2.05) is 0 Å². The number of fused-ring (bicyclic) bond motifs is 14. The number of carbonyl (C=O) groups excluding carboxylic acids is 7. The van der Waals surface area contributed by atoms with Gasteiger partial charge in [-0.1, -0.05) is 105 Å². The average Bonchev–Trinajstić information content (AvgIpc) is 0.780. The second kappa shape index (κ2) is 33.1. The molecule has 7 heterocycles. The first-order chi connectivity index (χ1) is 52.6. The Kier molecular flexibility index (Phi) is 23.4. The Morgan fingerprint density at radius 2 is 1.16 bits per heavy atom. The maximum atomic E-state index is 16.4. The minimum absolute atomic E-state index is 0.116. The quantitative estimate of drug-likeness (QED) is 0.0489. The number of carboxylic acids is 2. The number of rotatable bonds is 15. The van der Waals surface area contributed by atoms with E-state index in [4.69, 9.17) is 46.9 Å². The molecule has 1 saturated heterocycles. The highest BCUT2D eigenvalue weighted by Gasteiger charge is 2.51. The van der Waals surface area contributed by atoms with Gasteiger partial charge in [-0.25, -0.2) is 9.59 Å². The molecule has 7 aromatic rings. The predicted molar refractivity (Wildman–Crippen MR) is 386 cm³/mol. The summed E-state index contributed by atoms with van der Waals surface area (Å²) in [7, 11) is 1.43. The predicted octanol–water partition coefficient (Wildman–Crippen LogP) is 6.47. The molecule has 18 N–H and O–H groups in total. The van der Waals surface area contributed by atoms with Crippen LogP contribution in [0.3, 0.4) is 0 Å². The molecule has 0 spiro atoms. The number of amides is 7. The molecule has 0 radical (unpaired) electrons. The Balaban J connectivity index is 1.09. The van der Waals surface area contributed by atoms with Crippen molar-refractivity contribution in [3.05, 3.63) is 164 Å². The van der Waals surface area contributed by atoms with E-state index in [0.29, 0.717) is 18.4 Å². The summed E-state index contributed by atoms with van der Waals surface area (Å²) in [6.45, 7) is 2.10. The van der Waals surface area contributed by atoms with Crippen LogP contribution in [-0.2, 0) is 54.3 Å². The Bertz CT molecular complexity index is 4800. The van der Waals surface area contributed by atoms with Gasteiger partial charge in [0.25, 0.3) is 0 Å². The number of aliphatic hydroxyl groups is 3. The summed E-state index contributed by atoms with van der Waals surface area (Å²) in [5, 5.41) is 134. The van der Waals surface area contributed by atoms with Crippen LogP contribution in [-0.4, -0.2) is 154 Å². The third kappa shape index (κ3) is 16.7. The van der Waals surface area contributed by atoms with Gasteiger partial charge < -0.3 is 117 Å². The minimum atomic E-state index is -2.38. The third-order valence-electron chi connectivity index (χ3n) is 19.4. The molecule has 7 aliphatic rings. The van der Waals surface area contributed by atoms with Gasteiger partial charge in [0.1, 0.15) is 101 Å². The first kappa shape index (κ1) is 77.9. The van der Waals surface area contributed by atoms with E-state index in [1.165, 1.54) is 49.5 Å². The minimum Gasteiger partial charge on any atom is -0.508 e. The smallest absolute Gasteiger partial charge is 0.335 e. The number of phenolic OH excluding ortho intramolecular Hbond substituents is 5. The molecular weight excluding hydrogens is 1480 g/mol. The molecule has 17 bridgehead atoms. The normalized spacial score (nSPS) is 23.8. The lowest BCUT2D eigenvalue weighted by Crippen LogP contribution is -2.66. The summed E-state index contributed by atoms with van der Waals surface area (Å²) in [4.78, 5) is 133. The van der Waals surface area contributed by atoms with Gasteiger partial charge >= 0.3 is 11.9 Å². The maximum Gasteiger partial charge on any atom is 0.335 e. The summed E-state index contributed by atoms with van der Waals surface area (Å²) in [6.07, 6.45) is -4.71. The van der Waals surface area contributed by atoms with E-state index in [1.54, 1.807) is 0 Å². The summed E-state index contributed by atoms with van der Waals surface area (Å²) in [5.74, 6) is -18.6. The number of carbonyl (C=O) groups is 9. The van der Waals surface area contributed by atoms with E-state index in [2.05, 4.69) is 49.5 Å². The van der Waals surface area contributed by atoms with Crippen LogP contribution in [0.5, 0.6) is 69.0 Å². The molecule has 32 nitrogen and oxygen atoms in total. The largest absolute Gasteiger partial charge is 0.508 e. The number of halogens is 2. The standard InChI is InChI=1S/C76H76Cl2N8O24/c1-3-4-5-6-7-8-9-10-11-53(92)81-62-64(94)65(95)67(75(104)105)110-76(62)109-66-51-26-36-27-52(66)108-49-21-16-35(24-43(49)77)63(93)61-73(101)85-60(74(102)103)41-28-37(87)29-47(90)54(41)40-23-33(14-19-45(40)88)57(70(98)86-61)82-71(99)58(36)83-72(100)59-42-30-39(31-48(91)55(42)78)107-50-25-34(15-20-46(50)89)56(79-2)69(97)80-44(68(96)84-59)22-32-12-17-38(106-51)18-13-32/h12-21,23-31,44,56-65,67,76,79,87-91,93-95H,3-11,22H2,1-2H3,(H,80,97)(H,81,92)(H,82,99)(H,83,100)(H,84,96)(H,85,101)(H,86,98)(H,102,103)(H,104,105)/t44-,56-,57-,58-,59+,60+,61+,62+,63-,64-,65-,67-,76+/m1/s1. The molecule has 7 amide bonds. The van der Waals surface area contributed by atoms with Crippen LogP contribution in [0.4, 0.5) is 0 Å². The number of hydrogen-bond acceptors (Lipinski definition) is 23.